The van der Waals surface area contributed by atoms with Gasteiger partial charge in [-0.25, -0.2) is 9.78 Å². The number of aromatic nitrogens is 1. The molecule has 0 radical (unpaired) electrons. The largest absolute Gasteiger partial charge is 0.367 e. The Morgan fingerprint density at radius 3 is 2.13 bits per heavy atom. The van der Waals surface area contributed by atoms with Crippen molar-refractivity contribution >= 4 is 17.5 Å². The average molecular weight is 502 g/mol. The van der Waals surface area contributed by atoms with Gasteiger partial charge in [0.05, 0.1) is 5.56 Å². The van der Waals surface area contributed by atoms with Crippen molar-refractivity contribution in [2.75, 3.05) is 10.2 Å². The van der Waals surface area contributed by atoms with Crippen LogP contribution < -0.4 is 15.5 Å². The van der Waals surface area contributed by atoms with E-state index in [1.54, 1.807) is 12.3 Å². The summed E-state index contributed by atoms with van der Waals surface area (Å²) >= 11 is 0. The number of nitrogens with one attached hydrogen (secondary N) is 2. The van der Waals surface area contributed by atoms with E-state index in [0.717, 1.165) is 53.9 Å². The Morgan fingerprint density at radius 2 is 1.50 bits per heavy atom. The van der Waals surface area contributed by atoms with Gasteiger partial charge in [0, 0.05) is 30.5 Å². The van der Waals surface area contributed by atoms with Crippen LogP contribution in [0.15, 0.2) is 103 Å². The summed E-state index contributed by atoms with van der Waals surface area (Å²) in [6.45, 7) is 0.486. The highest BCUT2D eigenvalue weighted by Gasteiger charge is 2.30. The van der Waals surface area contributed by atoms with Crippen LogP contribution in [-0.2, 0) is 6.54 Å². The maximum absolute atomic E-state index is 13.6. The van der Waals surface area contributed by atoms with Crippen molar-refractivity contribution < 1.29 is 4.79 Å². The zero-order valence-electron chi connectivity index (χ0n) is 21.3. The highest BCUT2D eigenvalue weighted by atomic mass is 16.2. The summed E-state index contributed by atoms with van der Waals surface area (Å²) in [4.78, 5) is 19.9. The van der Waals surface area contributed by atoms with Gasteiger partial charge in [-0.3, -0.25) is 4.90 Å². The number of carbonyl (C=O) groups excluding carboxylic acids is 1. The van der Waals surface area contributed by atoms with Gasteiger partial charge in [-0.1, -0.05) is 72.8 Å². The first-order chi connectivity index (χ1) is 18.7. The van der Waals surface area contributed by atoms with E-state index in [0.29, 0.717) is 12.1 Å². The van der Waals surface area contributed by atoms with E-state index in [4.69, 9.17) is 5.26 Å². The molecule has 0 bridgehead atoms. The number of anilines is 2. The summed E-state index contributed by atoms with van der Waals surface area (Å²) in [6, 6.07) is 34.6. The molecule has 0 aliphatic heterocycles. The first-order valence-corrected chi connectivity index (χ1v) is 13.1. The average Bonchev–Trinajstić information content (AvgIpc) is 2.99. The van der Waals surface area contributed by atoms with Gasteiger partial charge in [-0.2, -0.15) is 5.26 Å². The minimum absolute atomic E-state index is 0.0773. The second kappa shape index (κ2) is 12.1. The molecule has 1 aromatic heterocycles. The lowest BCUT2D eigenvalue weighted by Crippen LogP contribution is -2.48. The second-order valence-electron chi connectivity index (χ2n) is 9.62. The fourth-order valence-corrected chi connectivity index (χ4v) is 5.03. The van der Waals surface area contributed by atoms with E-state index in [1.165, 1.54) is 0 Å². The van der Waals surface area contributed by atoms with Crippen LogP contribution >= 0.6 is 0 Å². The summed E-state index contributed by atoms with van der Waals surface area (Å²) in [7, 11) is 0. The number of hydrogen-bond acceptors (Lipinski definition) is 4. The molecule has 2 amide bonds. The third-order valence-corrected chi connectivity index (χ3v) is 7.06. The van der Waals surface area contributed by atoms with Gasteiger partial charge in [0.1, 0.15) is 11.9 Å². The molecule has 4 aromatic rings. The van der Waals surface area contributed by atoms with Crippen LogP contribution in [0.4, 0.5) is 16.3 Å². The van der Waals surface area contributed by atoms with Crippen LogP contribution in [0.3, 0.4) is 0 Å². The van der Waals surface area contributed by atoms with Crippen LogP contribution in [0.5, 0.6) is 0 Å². The van der Waals surface area contributed by atoms with Gasteiger partial charge >= 0.3 is 6.03 Å². The monoisotopic (exact) mass is 501 g/mol. The zero-order chi connectivity index (χ0) is 26.2. The molecule has 6 nitrogen and oxygen atoms in total. The van der Waals surface area contributed by atoms with Gasteiger partial charge < -0.3 is 10.6 Å². The lowest BCUT2D eigenvalue weighted by atomic mass is 9.89. The molecule has 1 fully saturated rings. The molecule has 0 spiro atoms. The number of benzene rings is 3. The van der Waals surface area contributed by atoms with Crippen molar-refractivity contribution in [2.24, 2.45) is 0 Å². The molecule has 3 aromatic carbocycles. The van der Waals surface area contributed by atoms with Crippen molar-refractivity contribution in [3.05, 3.63) is 114 Å². The maximum Gasteiger partial charge on any atom is 0.322 e. The smallest absolute Gasteiger partial charge is 0.322 e. The molecule has 1 aliphatic rings. The quantitative estimate of drug-likeness (QED) is 0.293. The minimum Gasteiger partial charge on any atom is -0.367 e. The highest BCUT2D eigenvalue weighted by Crippen LogP contribution is 2.31. The molecule has 1 saturated carbocycles. The molecule has 0 unspecified atom stereocenters. The SMILES string of the molecule is N#Cc1ccc(NC2CCC(N(C(=O)NCc3ccccc3)c3ccc(-c4ccccc4)cc3)CC2)nc1. The van der Waals surface area contributed by atoms with Crippen LogP contribution in [-0.4, -0.2) is 23.1 Å². The van der Waals surface area contributed by atoms with Crippen molar-refractivity contribution in [3.8, 4) is 17.2 Å². The molecule has 0 atom stereocenters. The maximum atomic E-state index is 13.6. The Kier molecular flexibility index (Phi) is 7.95. The molecule has 1 heterocycles. The van der Waals surface area contributed by atoms with Crippen LogP contribution in [0.1, 0.15) is 36.8 Å². The third-order valence-electron chi connectivity index (χ3n) is 7.06. The Balaban J connectivity index is 1.29. The Morgan fingerprint density at radius 1 is 0.842 bits per heavy atom. The second-order valence-corrected chi connectivity index (χ2v) is 9.62. The van der Waals surface area contributed by atoms with E-state index >= 15 is 0 Å². The zero-order valence-corrected chi connectivity index (χ0v) is 21.3. The molecular weight excluding hydrogens is 470 g/mol. The van der Waals surface area contributed by atoms with Crippen molar-refractivity contribution in [2.45, 2.75) is 44.3 Å². The molecule has 1 aliphatic carbocycles. The van der Waals surface area contributed by atoms with E-state index in [9.17, 15) is 4.79 Å². The van der Waals surface area contributed by atoms with Gasteiger partial charge in [0.15, 0.2) is 0 Å². The molecule has 6 heteroatoms. The first-order valence-electron chi connectivity index (χ1n) is 13.1. The predicted octanol–water partition coefficient (Wildman–Crippen LogP) is 6.76. The van der Waals surface area contributed by atoms with Crippen LogP contribution in [0, 0.1) is 11.3 Å². The topological polar surface area (TPSA) is 81.0 Å². The summed E-state index contributed by atoms with van der Waals surface area (Å²) < 4.78 is 0. The minimum atomic E-state index is -0.0773. The Hall–Kier alpha value is -4.63. The summed E-state index contributed by atoms with van der Waals surface area (Å²) in [5.74, 6) is 0.779. The molecule has 38 heavy (non-hydrogen) atoms. The predicted molar refractivity (Wildman–Crippen MR) is 152 cm³/mol. The van der Waals surface area contributed by atoms with Gasteiger partial charge in [-0.05, 0) is 66.6 Å². The number of hydrogen-bond donors (Lipinski definition) is 2. The number of pyridine rings is 1. The van der Waals surface area contributed by atoms with E-state index in [2.05, 4.69) is 58.1 Å². The third kappa shape index (κ3) is 6.19. The van der Waals surface area contributed by atoms with E-state index in [1.807, 2.05) is 59.5 Å². The summed E-state index contributed by atoms with van der Waals surface area (Å²) in [6.07, 6.45) is 5.21. The summed E-state index contributed by atoms with van der Waals surface area (Å²) in [5.41, 5.74) is 4.81. The number of rotatable bonds is 7. The van der Waals surface area contributed by atoms with Gasteiger partial charge in [0.25, 0.3) is 0 Å². The number of amides is 2. The first kappa shape index (κ1) is 25.0. The summed E-state index contributed by atoms with van der Waals surface area (Å²) in [5, 5.41) is 15.6. The van der Waals surface area contributed by atoms with Crippen LogP contribution in [0.2, 0.25) is 0 Å². The molecule has 2 N–H and O–H groups in total. The fourth-order valence-electron chi connectivity index (χ4n) is 5.03. The number of carbonyl (C=O) groups is 1. The standard InChI is InChI=1S/C32H31N5O/c33-21-25-11-20-31(34-23-25)36-28-14-18-30(19-15-28)37(32(38)35-22-24-7-3-1-4-8-24)29-16-12-27(13-17-29)26-9-5-2-6-10-26/h1-13,16-17,20,23,28,30H,14-15,18-19,22H2,(H,34,36)(H,35,38). The molecule has 0 saturated heterocycles. The van der Waals surface area contributed by atoms with Crippen molar-refractivity contribution in [1.82, 2.24) is 10.3 Å². The normalized spacial score (nSPS) is 16.7. The Labute approximate surface area is 224 Å². The number of nitrogens with zero attached hydrogens (tertiary/aromatic N) is 3. The lowest BCUT2D eigenvalue weighted by molar-refractivity contribution is 0.240. The van der Waals surface area contributed by atoms with E-state index < -0.39 is 0 Å². The molecular formula is C32H31N5O. The number of urea groups is 1. The fraction of sp³-hybridized carbons (Fsp3) is 0.219. The van der Waals surface area contributed by atoms with Crippen molar-refractivity contribution in [3.63, 3.8) is 0 Å². The van der Waals surface area contributed by atoms with Gasteiger partial charge in [-0.15, -0.1) is 0 Å². The molecule has 190 valence electrons. The highest BCUT2D eigenvalue weighted by molar-refractivity contribution is 5.93. The van der Waals surface area contributed by atoms with Crippen molar-refractivity contribution in [1.29, 1.82) is 5.26 Å². The van der Waals surface area contributed by atoms with Gasteiger partial charge in [0.2, 0.25) is 0 Å². The molecule has 5 rings (SSSR count). The Bertz CT molecular complexity index is 1360. The van der Waals surface area contributed by atoms with Crippen LogP contribution in [0.25, 0.3) is 11.1 Å². The number of nitriles is 1. The lowest BCUT2D eigenvalue weighted by Gasteiger charge is -2.37. The van der Waals surface area contributed by atoms with E-state index in [-0.39, 0.29) is 18.1 Å².